The van der Waals surface area contributed by atoms with E-state index in [4.69, 9.17) is 10.5 Å². The summed E-state index contributed by atoms with van der Waals surface area (Å²) in [6, 6.07) is 4.69. The SMILES string of the molecule is NC[C@H]1CCC[C@H]1C(=O)NCCOc1cccc(C(F)(F)F)c1. The van der Waals surface area contributed by atoms with E-state index in [-0.39, 0.29) is 36.6 Å². The standard InChI is InChI=1S/C16H21F3N2O2/c17-16(18,19)12-4-2-5-13(9-12)23-8-7-21-15(22)14-6-1-3-11(14)10-20/h2,4-5,9,11,14H,1,3,6-8,10,20H2,(H,21,22)/t11-,14-/m1/s1. The van der Waals surface area contributed by atoms with Gasteiger partial charge in [0.15, 0.2) is 0 Å². The topological polar surface area (TPSA) is 64.4 Å². The molecule has 2 rings (SSSR count). The van der Waals surface area contributed by atoms with Gasteiger partial charge in [-0.3, -0.25) is 4.79 Å². The number of nitrogens with two attached hydrogens (primary N) is 1. The molecule has 0 aliphatic heterocycles. The molecule has 2 atom stereocenters. The summed E-state index contributed by atoms with van der Waals surface area (Å²) < 4.78 is 43.0. The van der Waals surface area contributed by atoms with Crippen molar-refractivity contribution >= 4 is 5.91 Å². The third kappa shape index (κ3) is 4.86. The molecule has 0 unspecified atom stereocenters. The Morgan fingerprint density at radius 3 is 2.83 bits per heavy atom. The van der Waals surface area contributed by atoms with E-state index in [2.05, 4.69) is 5.32 Å². The highest BCUT2D eigenvalue weighted by Crippen LogP contribution is 2.32. The summed E-state index contributed by atoms with van der Waals surface area (Å²) in [4.78, 5) is 12.0. The highest BCUT2D eigenvalue weighted by atomic mass is 19.4. The lowest BCUT2D eigenvalue weighted by molar-refractivity contribution is -0.137. The number of alkyl halides is 3. The van der Waals surface area contributed by atoms with Gasteiger partial charge in [-0.1, -0.05) is 12.5 Å². The first-order chi connectivity index (χ1) is 10.9. The number of benzene rings is 1. The molecule has 1 amide bonds. The fraction of sp³-hybridized carbons (Fsp3) is 0.562. The van der Waals surface area contributed by atoms with Gasteiger partial charge in [-0.05, 0) is 43.5 Å². The largest absolute Gasteiger partial charge is 0.492 e. The summed E-state index contributed by atoms with van der Waals surface area (Å²) in [6.45, 7) is 0.870. The molecule has 1 aromatic rings. The van der Waals surface area contributed by atoms with E-state index in [0.29, 0.717) is 6.54 Å². The van der Waals surface area contributed by atoms with E-state index in [1.165, 1.54) is 12.1 Å². The van der Waals surface area contributed by atoms with Crippen molar-refractivity contribution in [2.24, 2.45) is 17.6 Å². The molecule has 3 N–H and O–H groups in total. The third-order valence-electron chi connectivity index (χ3n) is 4.13. The van der Waals surface area contributed by atoms with Crippen molar-refractivity contribution in [3.63, 3.8) is 0 Å². The molecule has 0 radical (unpaired) electrons. The molecule has 0 saturated heterocycles. The Labute approximate surface area is 133 Å². The van der Waals surface area contributed by atoms with E-state index in [1.54, 1.807) is 0 Å². The molecule has 7 heteroatoms. The third-order valence-corrected chi connectivity index (χ3v) is 4.13. The van der Waals surface area contributed by atoms with Crippen molar-refractivity contribution in [1.29, 1.82) is 0 Å². The lowest BCUT2D eigenvalue weighted by Crippen LogP contribution is -2.37. The minimum atomic E-state index is -4.40. The van der Waals surface area contributed by atoms with Crippen LogP contribution in [0.15, 0.2) is 24.3 Å². The number of rotatable bonds is 6. The minimum absolute atomic E-state index is 0.0504. The van der Waals surface area contributed by atoms with Gasteiger partial charge >= 0.3 is 6.18 Å². The second-order valence-corrected chi connectivity index (χ2v) is 5.70. The summed E-state index contributed by atoms with van der Waals surface area (Å²) in [6.07, 6.45) is -1.59. The molecular weight excluding hydrogens is 309 g/mol. The number of carbonyl (C=O) groups is 1. The second-order valence-electron chi connectivity index (χ2n) is 5.70. The number of amides is 1. The van der Waals surface area contributed by atoms with Crippen molar-refractivity contribution in [2.75, 3.05) is 19.7 Å². The van der Waals surface area contributed by atoms with Crippen LogP contribution in [0, 0.1) is 11.8 Å². The summed E-state index contributed by atoms with van der Waals surface area (Å²) in [5, 5.41) is 2.76. The Morgan fingerprint density at radius 1 is 1.35 bits per heavy atom. The van der Waals surface area contributed by atoms with Crippen LogP contribution < -0.4 is 15.8 Å². The second kappa shape index (κ2) is 7.68. The van der Waals surface area contributed by atoms with E-state index < -0.39 is 11.7 Å². The molecule has 1 saturated carbocycles. The Kier molecular flexibility index (Phi) is 5.87. The van der Waals surface area contributed by atoms with Crippen LogP contribution in [0.1, 0.15) is 24.8 Å². The van der Waals surface area contributed by atoms with Gasteiger partial charge in [0.2, 0.25) is 5.91 Å². The van der Waals surface area contributed by atoms with Gasteiger partial charge in [0.05, 0.1) is 12.1 Å². The summed E-state index contributed by atoms with van der Waals surface area (Å²) in [7, 11) is 0. The Balaban J connectivity index is 1.76. The van der Waals surface area contributed by atoms with Gasteiger partial charge in [0.25, 0.3) is 0 Å². The monoisotopic (exact) mass is 330 g/mol. The summed E-state index contributed by atoms with van der Waals surface area (Å²) in [5.41, 5.74) is 4.89. The lowest BCUT2D eigenvalue weighted by atomic mass is 9.95. The number of ether oxygens (including phenoxy) is 1. The van der Waals surface area contributed by atoms with Gasteiger partial charge in [-0.25, -0.2) is 0 Å². The maximum Gasteiger partial charge on any atom is 0.416 e. The zero-order valence-corrected chi connectivity index (χ0v) is 12.7. The molecule has 1 fully saturated rings. The fourth-order valence-corrected chi connectivity index (χ4v) is 2.90. The Morgan fingerprint density at radius 2 is 2.13 bits per heavy atom. The lowest BCUT2D eigenvalue weighted by Gasteiger charge is -2.17. The molecule has 128 valence electrons. The molecule has 0 bridgehead atoms. The highest BCUT2D eigenvalue weighted by Gasteiger charge is 2.32. The Hall–Kier alpha value is -1.76. The quantitative estimate of drug-likeness (QED) is 0.788. The Bertz CT molecular complexity index is 534. The van der Waals surface area contributed by atoms with Gasteiger partial charge in [-0.2, -0.15) is 13.2 Å². The van der Waals surface area contributed by atoms with E-state index in [0.717, 1.165) is 31.4 Å². The molecule has 1 aliphatic carbocycles. The van der Waals surface area contributed by atoms with Crippen molar-refractivity contribution in [3.05, 3.63) is 29.8 Å². The molecular formula is C16H21F3N2O2. The highest BCUT2D eigenvalue weighted by molar-refractivity contribution is 5.79. The normalized spacial score (nSPS) is 21.2. The van der Waals surface area contributed by atoms with Gasteiger partial charge in [0, 0.05) is 5.92 Å². The van der Waals surface area contributed by atoms with Gasteiger partial charge < -0.3 is 15.8 Å². The first-order valence-corrected chi connectivity index (χ1v) is 7.69. The first kappa shape index (κ1) is 17.6. The number of nitrogens with one attached hydrogen (secondary N) is 1. The van der Waals surface area contributed by atoms with E-state index in [1.807, 2.05) is 0 Å². The number of carbonyl (C=O) groups excluding carboxylic acids is 1. The average Bonchev–Trinajstić information content (AvgIpc) is 2.99. The van der Waals surface area contributed by atoms with Crippen LogP contribution in [0.2, 0.25) is 0 Å². The van der Waals surface area contributed by atoms with Crippen LogP contribution >= 0.6 is 0 Å². The smallest absolute Gasteiger partial charge is 0.416 e. The fourth-order valence-electron chi connectivity index (χ4n) is 2.90. The number of halogens is 3. The van der Waals surface area contributed by atoms with Crippen LogP contribution in [0.5, 0.6) is 5.75 Å². The van der Waals surface area contributed by atoms with Crippen molar-refractivity contribution in [1.82, 2.24) is 5.32 Å². The predicted octanol–water partition coefficient (Wildman–Crippen LogP) is 2.58. The zero-order valence-electron chi connectivity index (χ0n) is 12.7. The maximum atomic E-state index is 12.6. The molecule has 4 nitrogen and oxygen atoms in total. The van der Waals surface area contributed by atoms with Crippen LogP contribution in [0.3, 0.4) is 0 Å². The molecule has 0 spiro atoms. The van der Waals surface area contributed by atoms with Crippen LogP contribution in [-0.2, 0) is 11.0 Å². The van der Waals surface area contributed by atoms with Gasteiger partial charge in [0.1, 0.15) is 12.4 Å². The van der Waals surface area contributed by atoms with Crippen LogP contribution in [-0.4, -0.2) is 25.6 Å². The van der Waals surface area contributed by atoms with Crippen molar-refractivity contribution in [3.8, 4) is 5.75 Å². The number of hydrogen-bond donors (Lipinski definition) is 2. The maximum absolute atomic E-state index is 12.6. The zero-order chi connectivity index (χ0) is 16.9. The molecule has 1 aliphatic rings. The van der Waals surface area contributed by atoms with Crippen molar-refractivity contribution < 1.29 is 22.7 Å². The number of hydrogen-bond acceptors (Lipinski definition) is 3. The van der Waals surface area contributed by atoms with Crippen molar-refractivity contribution in [2.45, 2.75) is 25.4 Å². The molecule has 0 aromatic heterocycles. The van der Waals surface area contributed by atoms with Crippen LogP contribution in [0.4, 0.5) is 13.2 Å². The molecule has 1 aromatic carbocycles. The van der Waals surface area contributed by atoms with E-state index in [9.17, 15) is 18.0 Å². The summed E-state index contributed by atoms with van der Waals surface area (Å²) >= 11 is 0. The average molecular weight is 330 g/mol. The van der Waals surface area contributed by atoms with Crippen LogP contribution in [0.25, 0.3) is 0 Å². The predicted molar refractivity (Wildman–Crippen MR) is 79.8 cm³/mol. The first-order valence-electron chi connectivity index (χ1n) is 7.69. The summed E-state index contributed by atoms with van der Waals surface area (Å²) in [5.74, 6) is 0.244. The molecule has 0 heterocycles. The van der Waals surface area contributed by atoms with E-state index >= 15 is 0 Å². The van der Waals surface area contributed by atoms with Gasteiger partial charge in [-0.15, -0.1) is 0 Å². The minimum Gasteiger partial charge on any atom is -0.492 e. The molecule has 23 heavy (non-hydrogen) atoms.